The summed E-state index contributed by atoms with van der Waals surface area (Å²) in [6.07, 6.45) is 5.04. The second-order valence-corrected chi connectivity index (χ2v) is 4.61. The summed E-state index contributed by atoms with van der Waals surface area (Å²) in [5.41, 5.74) is 3.91. The van der Waals surface area contributed by atoms with E-state index >= 15 is 0 Å². The van der Waals surface area contributed by atoms with Crippen LogP contribution in [0.25, 0.3) is 0 Å². The average Bonchev–Trinajstić information content (AvgIpc) is 2.25. The largest absolute Gasteiger partial charge is 0.493 e. The maximum absolute atomic E-state index is 5.82. The van der Waals surface area contributed by atoms with Crippen LogP contribution >= 0.6 is 0 Å². The first-order chi connectivity index (χ1) is 7.65. The molecule has 0 bridgehead atoms. The maximum atomic E-state index is 5.82. The molecule has 16 heavy (non-hydrogen) atoms. The van der Waals surface area contributed by atoms with Gasteiger partial charge in [0, 0.05) is 0 Å². The predicted molar refractivity (Wildman–Crippen MR) is 70.3 cm³/mol. The van der Waals surface area contributed by atoms with Gasteiger partial charge in [0.1, 0.15) is 5.75 Å². The molecule has 0 aliphatic heterocycles. The third-order valence-electron chi connectivity index (χ3n) is 3.05. The van der Waals surface area contributed by atoms with Crippen molar-refractivity contribution in [3.8, 4) is 5.75 Å². The van der Waals surface area contributed by atoms with Crippen LogP contribution in [0.4, 0.5) is 0 Å². The molecule has 0 radical (unpaired) electrons. The SMILES string of the molecule is CCCCCCOc1cc(C)c(C)cc1C. The molecule has 0 unspecified atom stereocenters. The summed E-state index contributed by atoms with van der Waals surface area (Å²) in [4.78, 5) is 0. The maximum Gasteiger partial charge on any atom is 0.122 e. The second-order valence-electron chi connectivity index (χ2n) is 4.61. The van der Waals surface area contributed by atoms with Crippen molar-refractivity contribution in [2.24, 2.45) is 0 Å². The number of aryl methyl sites for hydroxylation is 3. The Labute approximate surface area is 99.8 Å². The van der Waals surface area contributed by atoms with Crippen molar-refractivity contribution in [2.45, 2.75) is 53.4 Å². The third kappa shape index (κ3) is 3.88. The lowest BCUT2D eigenvalue weighted by Crippen LogP contribution is -1.99. The third-order valence-corrected chi connectivity index (χ3v) is 3.05. The van der Waals surface area contributed by atoms with Crippen molar-refractivity contribution >= 4 is 0 Å². The molecule has 0 N–H and O–H groups in total. The average molecular weight is 220 g/mol. The van der Waals surface area contributed by atoms with Crippen LogP contribution in [0.2, 0.25) is 0 Å². The molecule has 1 heteroatoms. The minimum absolute atomic E-state index is 0.851. The fourth-order valence-electron chi connectivity index (χ4n) is 1.80. The highest BCUT2D eigenvalue weighted by molar-refractivity contribution is 5.40. The second kappa shape index (κ2) is 6.57. The van der Waals surface area contributed by atoms with Gasteiger partial charge >= 0.3 is 0 Å². The van der Waals surface area contributed by atoms with Crippen molar-refractivity contribution in [3.05, 3.63) is 28.8 Å². The minimum atomic E-state index is 0.851. The quantitative estimate of drug-likeness (QED) is 0.638. The fourth-order valence-corrected chi connectivity index (χ4v) is 1.80. The number of unbranched alkanes of at least 4 members (excludes halogenated alkanes) is 3. The molecular formula is C15H24O. The van der Waals surface area contributed by atoms with Crippen molar-refractivity contribution in [1.82, 2.24) is 0 Å². The first kappa shape index (κ1) is 13.1. The standard InChI is InChI=1S/C15H24O/c1-5-6-7-8-9-16-15-11-13(3)12(2)10-14(15)4/h10-11H,5-9H2,1-4H3. The molecule has 0 atom stereocenters. The van der Waals surface area contributed by atoms with Crippen molar-refractivity contribution in [3.63, 3.8) is 0 Å². The molecule has 1 aromatic rings. The molecule has 0 spiro atoms. The number of hydrogen-bond acceptors (Lipinski definition) is 1. The molecule has 0 aliphatic carbocycles. The van der Waals surface area contributed by atoms with E-state index in [-0.39, 0.29) is 0 Å². The zero-order valence-corrected chi connectivity index (χ0v) is 11.1. The summed E-state index contributed by atoms with van der Waals surface area (Å²) < 4.78 is 5.82. The van der Waals surface area contributed by atoms with Gasteiger partial charge < -0.3 is 4.74 Å². The minimum Gasteiger partial charge on any atom is -0.493 e. The Balaban J connectivity index is 2.45. The Bertz CT molecular complexity index is 328. The number of ether oxygens (including phenoxy) is 1. The Morgan fingerprint density at radius 1 is 0.875 bits per heavy atom. The molecule has 1 aromatic carbocycles. The Morgan fingerprint density at radius 2 is 1.56 bits per heavy atom. The van der Waals surface area contributed by atoms with Crippen LogP contribution in [0.15, 0.2) is 12.1 Å². The van der Waals surface area contributed by atoms with E-state index in [1.165, 1.54) is 42.4 Å². The van der Waals surface area contributed by atoms with Gasteiger partial charge in [0.2, 0.25) is 0 Å². The highest BCUT2D eigenvalue weighted by Crippen LogP contribution is 2.22. The number of hydrogen-bond donors (Lipinski definition) is 0. The zero-order valence-electron chi connectivity index (χ0n) is 11.1. The summed E-state index contributed by atoms with van der Waals surface area (Å²) >= 11 is 0. The van der Waals surface area contributed by atoms with Crippen LogP contribution in [0.3, 0.4) is 0 Å². The van der Waals surface area contributed by atoms with Crippen LogP contribution in [-0.2, 0) is 0 Å². The van der Waals surface area contributed by atoms with E-state index < -0.39 is 0 Å². The van der Waals surface area contributed by atoms with Gasteiger partial charge in [-0.05, 0) is 49.9 Å². The summed E-state index contributed by atoms with van der Waals surface area (Å²) in [5, 5.41) is 0. The molecule has 0 amide bonds. The molecular weight excluding hydrogens is 196 g/mol. The van der Waals surface area contributed by atoms with Gasteiger partial charge in [0.05, 0.1) is 6.61 Å². The Hall–Kier alpha value is -0.980. The smallest absolute Gasteiger partial charge is 0.122 e. The lowest BCUT2D eigenvalue weighted by atomic mass is 10.1. The molecule has 90 valence electrons. The highest BCUT2D eigenvalue weighted by Gasteiger charge is 2.02. The molecule has 1 rings (SSSR count). The first-order valence-electron chi connectivity index (χ1n) is 6.35. The predicted octanol–water partition coefficient (Wildman–Crippen LogP) is 4.57. The fraction of sp³-hybridized carbons (Fsp3) is 0.600. The van der Waals surface area contributed by atoms with Crippen molar-refractivity contribution < 1.29 is 4.74 Å². The zero-order chi connectivity index (χ0) is 12.0. The highest BCUT2D eigenvalue weighted by atomic mass is 16.5. The van der Waals surface area contributed by atoms with Gasteiger partial charge in [-0.2, -0.15) is 0 Å². The van der Waals surface area contributed by atoms with Crippen LogP contribution in [0.5, 0.6) is 5.75 Å². The topological polar surface area (TPSA) is 9.23 Å². The van der Waals surface area contributed by atoms with E-state index in [1.807, 2.05) is 0 Å². The first-order valence-corrected chi connectivity index (χ1v) is 6.35. The lowest BCUT2D eigenvalue weighted by molar-refractivity contribution is 0.303. The Kier molecular flexibility index (Phi) is 5.37. The summed E-state index contributed by atoms with van der Waals surface area (Å²) in [7, 11) is 0. The van der Waals surface area contributed by atoms with E-state index in [1.54, 1.807) is 0 Å². The molecule has 1 nitrogen and oxygen atoms in total. The molecule has 0 saturated heterocycles. The van der Waals surface area contributed by atoms with E-state index in [2.05, 4.69) is 39.8 Å². The van der Waals surface area contributed by atoms with Crippen LogP contribution in [-0.4, -0.2) is 6.61 Å². The normalized spacial score (nSPS) is 10.5. The van der Waals surface area contributed by atoms with Gasteiger partial charge in [0.15, 0.2) is 0 Å². The Morgan fingerprint density at radius 3 is 2.25 bits per heavy atom. The number of benzene rings is 1. The van der Waals surface area contributed by atoms with E-state index in [0.29, 0.717) is 0 Å². The monoisotopic (exact) mass is 220 g/mol. The van der Waals surface area contributed by atoms with Gasteiger partial charge in [-0.3, -0.25) is 0 Å². The van der Waals surface area contributed by atoms with Crippen LogP contribution in [0, 0.1) is 20.8 Å². The van der Waals surface area contributed by atoms with E-state index in [9.17, 15) is 0 Å². The van der Waals surface area contributed by atoms with Crippen molar-refractivity contribution in [1.29, 1.82) is 0 Å². The summed E-state index contributed by atoms with van der Waals surface area (Å²) in [5.74, 6) is 1.06. The van der Waals surface area contributed by atoms with Crippen molar-refractivity contribution in [2.75, 3.05) is 6.61 Å². The summed E-state index contributed by atoms with van der Waals surface area (Å²) in [6.45, 7) is 9.48. The lowest BCUT2D eigenvalue weighted by Gasteiger charge is -2.11. The van der Waals surface area contributed by atoms with Gasteiger partial charge in [-0.25, -0.2) is 0 Å². The molecule has 0 heterocycles. The van der Waals surface area contributed by atoms with Crippen LogP contribution < -0.4 is 4.74 Å². The molecule has 0 fully saturated rings. The number of rotatable bonds is 6. The van der Waals surface area contributed by atoms with Gasteiger partial charge in [0.25, 0.3) is 0 Å². The van der Waals surface area contributed by atoms with E-state index in [0.717, 1.165) is 12.4 Å². The van der Waals surface area contributed by atoms with Gasteiger partial charge in [-0.15, -0.1) is 0 Å². The molecule has 0 aliphatic rings. The molecule has 0 saturated carbocycles. The van der Waals surface area contributed by atoms with Gasteiger partial charge in [-0.1, -0.05) is 32.3 Å². The van der Waals surface area contributed by atoms with Crippen LogP contribution in [0.1, 0.15) is 49.3 Å². The molecule has 0 aromatic heterocycles. The summed E-state index contributed by atoms with van der Waals surface area (Å²) in [6, 6.07) is 4.36. The van der Waals surface area contributed by atoms with E-state index in [4.69, 9.17) is 4.74 Å².